The molecule has 2 atom stereocenters. The highest BCUT2D eigenvalue weighted by Gasteiger charge is 2.48. The van der Waals surface area contributed by atoms with Crippen LogP contribution in [-0.4, -0.2) is 68.0 Å². The van der Waals surface area contributed by atoms with Crippen LogP contribution < -0.4 is 5.73 Å². The number of likely N-dealkylation sites (tertiary alicyclic amines) is 1. The van der Waals surface area contributed by atoms with Gasteiger partial charge in [0.05, 0.1) is 18.5 Å². The summed E-state index contributed by atoms with van der Waals surface area (Å²) in [5.74, 6) is -4.99. The quantitative estimate of drug-likeness (QED) is 0.598. The van der Waals surface area contributed by atoms with Gasteiger partial charge in [-0.05, 0) is 18.6 Å². The Morgan fingerprint density at radius 1 is 1.31 bits per heavy atom. The summed E-state index contributed by atoms with van der Waals surface area (Å²) < 4.78 is 73.6. The van der Waals surface area contributed by atoms with Gasteiger partial charge in [0.25, 0.3) is 5.92 Å². The molecule has 35 heavy (non-hydrogen) atoms. The Balaban J connectivity index is 1.48. The second-order valence-electron chi connectivity index (χ2n) is 8.51. The number of rotatable bonds is 5. The van der Waals surface area contributed by atoms with Crippen molar-refractivity contribution in [2.75, 3.05) is 13.1 Å². The zero-order chi connectivity index (χ0) is 25.5. The summed E-state index contributed by atoms with van der Waals surface area (Å²) in [4.78, 5) is 34.4. The van der Waals surface area contributed by atoms with Crippen LogP contribution in [0.25, 0.3) is 11.6 Å². The zero-order valence-electron chi connectivity index (χ0n) is 18.3. The van der Waals surface area contributed by atoms with Gasteiger partial charge in [-0.2, -0.15) is 13.2 Å². The molecular formula is C21H22F5N5O4. The van der Waals surface area contributed by atoms with Gasteiger partial charge in [-0.1, -0.05) is 0 Å². The van der Waals surface area contributed by atoms with Crippen LogP contribution >= 0.6 is 0 Å². The third-order valence-corrected chi connectivity index (χ3v) is 5.96. The third-order valence-electron chi connectivity index (χ3n) is 5.96. The molecule has 1 fully saturated rings. The highest BCUT2D eigenvalue weighted by molar-refractivity contribution is 5.79. The van der Waals surface area contributed by atoms with Crippen LogP contribution in [0.1, 0.15) is 36.2 Å². The lowest BCUT2D eigenvalue weighted by Crippen LogP contribution is -2.58. The number of halogens is 5. The molecule has 2 aromatic rings. The van der Waals surface area contributed by atoms with Crippen molar-refractivity contribution >= 4 is 11.8 Å². The highest BCUT2D eigenvalue weighted by Crippen LogP contribution is 2.36. The number of carbonyl (C=O) groups is 2. The molecule has 0 bridgehead atoms. The third kappa shape index (κ3) is 5.12. The maximum absolute atomic E-state index is 13.8. The summed E-state index contributed by atoms with van der Waals surface area (Å²) in [6, 6.07) is 1.81. The molecule has 0 saturated carbocycles. The van der Waals surface area contributed by atoms with Crippen molar-refractivity contribution in [3.8, 4) is 11.6 Å². The van der Waals surface area contributed by atoms with Crippen molar-refractivity contribution in [1.82, 2.24) is 19.8 Å². The molecule has 0 unspecified atom stereocenters. The van der Waals surface area contributed by atoms with E-state index in [1.54, 1.807) is 0 Å². The fourth-order valence-corrected chi connectivity index (χ4v) is 4.18. The molecule has 0 aliphatic carbocycles. The first kappa shape index (κ1) is 25.0. The first-order valence-electron chi connectivity index (χ1n) is 10.8. The Morgan fingerprint density at radius 3 is 2.71 bits per heavy atom. The number of amides is 2. The fraction of sp³-hybridized carbons (Fsp3) is 0.524. The lowest BCUT2D eigenvalue weighted by Gasteiger charge is -2.38. The molecule has 4 heterocycles. The molecule has 2 aliphatic heterocycles. The summed E-state index contributed by atoms with van der Waals surface area (Å²) in [5, 5.41) is 9.79. The minimum Gasteiger partial charge on any atom is -0.461 e. The van der Waals surface area contributed by atoms with Gasteiger partial charge in [-0.15, -0.1) is 0 Å². The second kappa shape index (κ2) is 9.15. The SMILES string of the molecule is N[C@@H](CC(=O)N1CCc2c(nc(-c3ccco3)nc2C(F)(F)F)C1)CN1C(=O)CCC(F)(F)[C@H]1O. The van der Waals surface area contributed by atoms with Crippen LogP contribution in [0.4, 0.5) is 22.0 Å². The number of piperidine rings is 1. The molecule has 2 aliphatic rings. The van der Waals surface area contributed by atoms with E-state index in [0.717, 1.165) is 0 Å². The van der Waals surface area contributed by atoms with E-state index in [0.29, 0.717) is 4.90 Å². The molecule has 0 spiro atoms. The Bertz CT molecular complexity index is 1110. The van der Waals surface area contributed by atoms with E-state index in [1.807, 2.05) is 0 Å². The van der Waals surface area contributed by atoms with Crippen molar-refractivity contribution in [3.63, 3.8) is 0 Å². The Kier molecular flexibility index (Phi) is 6.53. The fourth-order valence-electron chi connectivity index (χ4n) is 4.18. The smallest absolute Gasteiger partial charge is 0.433 e. The zero-order valence-corrected chi connectivity index (χ0v) is 18.3. The van der Waals surface area contributed by atoms with Crippen LogP contribution in [0.5, 0.6) is 0 Å². The molecule has 1 saturated heterocycles. The van der Waals surface area contributed by atoms with E-state index in [4.69, 9.17) is 10.2 Å². The molecular weight excluding hydrogens is 481 g/mol. The summed E-state index contributed by atoms with van der Waals surface area (Å²) in [6.45, 7) is -0.785. The van der Waals surface area contributed by atoms with E-state index in [2.05, 4.69) is 9.97 Å². The number of hydrogen-bond donors (Lipinski definition) is 2. The predicted octanol–water partition coefficient (Wildman–Crippen LogP) is 1.93. The van der Waals surface area contributed by atoms with Gasteiger partial charge in [0, 0.05) is 44.0 Å². The number of carbonyl (C=O) groups excluding carboxylic acids is 2. The van der Waals surface area contributed by atoms with Crippen molar-refractivity contribution in [3.05, 3.63) is 35.3 Å². The number of hydrogen-bond acceptors (Lipinski definition) is 7. The van der Waals surface area contributed by atoms with Crippen LogP contribution in [0, 0.1) is 0 Å². The number of nitrogens with two attached hydrogens (primary N) is 1. The summed E-state index contributed by atoms with van der Waals surface area (Å²) in [5.41, 5.74) is 4.69. The maximum atomic E-state index is 13.8. The minimum atomic E-state index is -4.74. The molecule has 14 heteroatoms. The number of fused-ring (bicyclic) bond motifs is 1. The topological polar surface area (TPSA) is 126 Å². The van der Waals surface area contributed by atoms with Crippen molar-refractivity contribution < 1.29 is 41.1 Å². The monoisotopic (exact) mass is 503 g/mol. The Morgan fingerprint density at radius 2 is 2.06 bits per heavy atom. The molecule has 9 nitrogen and oxygen atoms in total. The first-order valence-corrected chi connectivity index (χ1v) is 10.8. The van der Waals surface area contributed by atoms with Crippen LogP contribution in [0.3, 0.4) is 0 Å². The lowest BCUT2D eigenvalue weighted by molar-refractivity contribution is -0.205. The molecule has 0 aromatic carbocycles. The van der Waals surface area contributed by atoms with Crippen molar-refractivity contribution in [2.24, 2.45) is 5.73 Å². The van der Waals surface area contributed by atoms with Gasteiger partial charge >= 0.3 is 6.18 Å². The van der Waals surface area contributed by atoms with E-state index in [9.17, 15) is 36.6 Å². The predicted molar refractivity (Wildman–Crippen MR) is 108 cm³/mol. The van der Waals surface area contributed by atoms with Crippen molar-refractivity contribution in [2.45, 2.75) is 56.6 Å². The molecule has 2 amide bonds. The number of furan rings is 1. The molecule has 2 aromatic heterocycles. The van der Waals surface area contributed by atoms with E-state index in [-0.39, 0.29) is 48.8 Å². The number of nitrogens with zero attached hydrogens (tertiary/aromatic N) is 4. The lowest BCUT2D eigenvalue weighted by atomic mass is 10.0. The number of aromatic nitrogens is 2. The second-order valence-corrected chi connectivity index (χ2v) is 8.51. The molecule has 190 valence electrons. The van der Waals surface area contributed by atoms with Gasteiger partial charge in [0.1, 0.15) is 0 Å². The van der Waals surface area contributed by atoms with Gasteiger partial charge in [-0.25, -0.2) is 18.7 Å². The normalized spacial score (nSPS) is 21.1. The van der Waals surface area contributed by atoms with Crippen LogP contribution in [-0.2, 0) is 28.7 Å². The summed E-state index contributed by atoms with van der Waals surface area (Å²) in [7, 11) is 0. The number of aliphatic hydroxyl groups is 1. The molecule has 3 N–H and O–H groups in total. The minimum absolute atomic E-state index is 0.00756. The average Bonchev–Trinajstić information content (AvgIpc) is 3.33. The van der Waals surface area contributed by atoms with Gasteiger partial charge in [0.15, 0.2) is 23.5 Å². The number of aliphatic hydroxyl groups excluding tert-OH is 1. The maximum Gasteiger partial charge on any atom is 0.433 e. The van der Waals surface area contributed by atoms with E-state index < -0.39 is 61.3 Å². The highest BCUT2D eigenvalue weighted by atomic mass is 19.4. The van der Waals surface area contributed by atoms with Crippen LogP contribution in [0.15, 0.2) is 22.8 Å². The Labute approximate surface area is 195 Å². The first-order chi connectivity index (χ1) is 16.4. The van der Waals surface area contributed by atoms with Gasteiger partial charge in [-0.3, -0.25) is 9.59 Å². The molecule has 4 rings (SSSR count). The van der Waals surface area contributed by atoms with Gasteiger partial charge < -0.3 is 25.1 Å². The van der Waals surface area contributed by atoms with Crippen molar-refractivity contribution in [1.29, 1.82) is 0 Å². The number of alkyl halides is 5. The van der Waals surface area contributed by atoms with E-state index in [1.165, 1.54) is 23.3 Å². The molecule has 0 radical (unpaired) electrons. The Hall–Kier alpha value is -3.13. The largest absolute Gasteiger partial charge is 0.461 e. The standard InChI is InChI=1S/C21H22F5N5O4/c22-20(23)5-3-15(32)31(19(20)34)9-11(27)8-16(33)30-6-4-12-13(10-30)28-18(14-2-1-7-35-14)29-17(12)21(24,25)26/h1-2,7,11,19,34H,3-6,8-10,27H2/t11-,19+/m0/s1. The summed E-state index contributed by atoms with van der Waals surface area (Å²) in [6.07, 6.45) is -7.60. The summed E-state index contributed by atoms with van der Waals surface area (Å²) >= 11 is 0. The van der Waals surface area contributed by atoms with Crippen LogP contribution in [0.2, 0.25) is 0 Å². The van der Waals surface area contributed by atoms with Gasteiger partial charge in [0.2, 0.25) is 11.8 Å². The average molecular weight is 503 g/mol. The van der Waals surface area contributed by atoms with E-state index >= 15 is 0 Å².